The van der Waals surface area contributed by atoms with Crippen molar-refractivity contribution in [1.29, 1.82) is 0 Å². The lowest BCUT2D eigenvalue weighted by Crippen LogP contribution is -2.33. The lowest BCUT2D eigenvalue weighted by atomic mass is 10.0. The zero-order chi connectivity index (χ0) is 24.1. The van der Waals surface area contributed by atoms with Gasteiger partial charge in [0.2, 0.25) is 10.4 Å². The molecule has 0 aliphatic carbocycles. The van der Waals surface area contributed by atoms with Gasteiger partial charge in [0.25, 0.3) is 5.84 Å². The molecule has 1 unspecified atom stereocenters. The standard InChI is InChI=1S/C22H42N2O.C2H6O4S/c1-3-4-5-6-7-8-9-10-11-12-13-14-15-16-17-19-24-20-18-23-22(24)21(2)25;1-2-6-7(3,4)5/h16-17,21,25H,3-15,18-20H2,1-2H3;2H2,1H3,(H,3,4,5). The van der Waals surface area contributed by atoms with Crippen LogP contribution in [0.2, 0.25) is 0 Å². The van der Waals surface area contributed by atoms with Crippen LogP contribution in [0.3, 0.4) is 0 Å². The Morgan fingerprint density at radius 2 is 1.53 bits per heavy atom. The molecule has 0 bridgehead atoms. The van der Waals surface area contributed by atoms with E-state index < -0.39 is 10.4 Å². The molecular weight excluding hydrogens is 428 g/mol. The van der Waals surface area contributed by atoms with Crippen LogP contribution in [0.4, 0.5) is 0 Å². The van der Waals surface area contributed by atoms with Crippen molar-refractivity contribution >= 4 is 16.2 Å². The van der Waals surface area contributed by atoms with Crippen LogP contribution < -0.4 is 5.32 Å². The maximum atomic E-state index is 9.68. The summed E-state index contributed by atoms with van der Waals surface area (Å²) in [7, 11) is -4.42. The minimum absolute atomic E-state index is 0.0914. The van der Waals surface area contributed by atoms with Crippen LogP contribution in [0.25, 0.3) is 0 Å². The predicted molar refractivity (Wildman–Crippen MR) is 131 cm³/mol. The van der Waals surface area contributed by atoms with Crippen molar-refractivity contribution < 1.29 is 26.8 Å². The first-order valence-corrected chi connectivity index (χ1v) is 13.9. The van der Waals surface area contributed by atoms with Gasteiger partial charge in [-0.1, -0.05) is 83.6 Å². The van der Waals surface area contributed by atoms with Gasteiger partial charge in [0.05, 0.1) is 6.61 Å². The smallest absolute Gasteiger partial charge is 0.274 e. The fourth-order valence-electron chi connectivity index (χ4n) is 3.72. The average molecular weight is 477 g/mol. The molecule has 0 fully saturated rings. The first-order chi connectivity index (χ1) is 15.3. The highest BCUT2D eigenvalue weighted by molar-refractivity contribution is 7.80. The second-order valence-corrected chi connectivity index (χ2v) is 9.45. The van der Waals surface area contributed by atoms with Crippen LogP contribution in [-0.4, -0.2) is 60.8 Å². The second kappa shape index (κ2) is 20.6. The van der Waals surface area contributed by atoms with Crippen LogP contribution in [0, 0.1) is 0 Å². The number of hydrogen-bond acceptors (Lipinski definition) is 6. The fraction of sp³-hybridized carbons (Fsp3) is 0.875. The number of aliphatic hydroxyl groups excluding tert-OH is 1. The number of unbranched alkanes of at least 4 members (excludes halogenated alkanes) is 12. The summed E-state index contributed by atoms with van der Waals surface area (Å²) in [5, 5.41) is 12.9. The van der Waals surface area contributed by atoms with E-state index in [4.69, 9.17) is 0 Å². The number of hydrogen-bond donors (Lipinski definition) is 2. The third-order valence-electron chi connectivity index (χ3n) is 5.40. The Hall–Kier alpha value is -0.960. The number of nitrogens with one attached hydrogen (secondary N) is 1. The number of allylic oxidation sites excluding steroid dienone is 1. The summed E-state index contributed by atoms with van der Waals surface area (Å²) in [6.07, 6.45) is 22.3. The third-order valence-corrected chi connectivity index (χ3v) is 5.93. The third kappa shape index (κ3) is 19.7. The molecule has 1 rings (SSSR count). The largest absolute Gasteiger partial charge is 0.726 e. The van der Waals surface area contributed by atoms with Gasteiger partial charge in [-0.3, -0.25) is 14.1 Å². The molecule has 0 spiro atoms. The van der Waals surface area contributed by atoms with Gasteiger partial charge in [-0.25, -0.2) is 8.42 Å². The van der Waals surface area contributed by atoms with Crippen LogP contribution in [0.5, 0.6) is 0 Å². The highest BCUT2D eigenvalue weighted by Gasteiger charge is 2.23. The van der Waals surface area contributed by atoms with E-state index in [0.29, 0.717) is 0 Å². The van der Waals surface area contributed by atoms with E-state index in [1.807, 2.05) is 6.92 Å². The summed E-state index contributed by atoms with van der Waals surface area (Å²) in [5.74, 6) is 0.981. The Labute approximate surface area is 197 Å². The maximum Gasteiger partial charge on any atom is 0.274 e. The van der Waals surface area contributed by atoms with Gasteiger partial charge in [0.1, 0.15) is 19.6 Å². The molecule has 1 atom stereocenters. The monoisotopic (exact) mass is 476 g/mol. The van der Waals surface area contributed by atoms with E-state index in [-0.39, 0.29) is 12.7 Å². The van der Waals surface area contributed by atoms with Gasteiger partial charge in [0.15, 0.2) is 6.10 Å². The Morgan fingerprint density at radius 1 is 1.00 bits per heavy atom. The van der Waals surface area contributed by atoms with Crippen LogP contribution in [0.1, 0.15) is 104 Å². The molecule has 2 N–H and O–H groups in total. The molecule has 190 valence electrons. The van der Waals surface area contributed by atoms with E-state index in [0.717, 1.165) is 25.5 Å². The van der Waals surface area contributed by atoms with Gasteiger partial charge >= 0.3 is 0 Å². The minimum Gasteiger partial charge on any atom is -0.726 e. The summed E-state index contributed by atoms with van der Waals surface area (Å²) in [5.41, 5.74) is 0. The van der Waals surface area contributed by atoms with Crippen molar-refractivity contribution in [2.75, 3.05) is 26.2 Å². The molecule has 1 heterocycles. The van der Waals surface area contributed by atoms with Crippen molar-refractivity contribution in [3.8, 4) is 0 Å². The first kappa shape index (κ1) is 31.0. The van der Waals surface area contributed by atoms with E-state index in [2.05, 4.69) is 33.2 Å². The molecule has 0 saturated carbocycles. The van der Waals surface area contributed by atoms with E-state index >= 15 is 0 Å². The van der Waals surface area contributed by atoms with Gasteiger partial charge in [-0.15, -0.1) is 0 Å². The molecule has 0 saturated heterocycles. The zero-order valence-electron chi connectivity index (χ0n) is 20.7. The van der Waals surface area contributed by atoms with Gasteiger partial charge in [0, 0.05) is 0 Å². The number of aliphatic hydroxyl groups is 1. The van der Waals surface area contributed by atoms with Crippen LogP contribution in [-0.2, 0) is 14.6 Å². The van der Waals surface area contributed by atoms with Gasteiger partial charge < -0.3 is 9.66 Å². The van der Waals surface area contributed by atoms with Gasteiger partial charge in [-0.05, 0) is 32.8 Å². The topological polar surface area (TPSA) is 102 Å². The van der Waals surface area contributed by atoms with E-state index in [1.165, 1.54) is 90.4 Å². The van der Waals surface area contributed by atoms with Gasteiger partial charge in [-0.2, -0.15) is 0 Å². The highest BCUT2D eigenvalue weighted by atomic mass is 32.3. The molecule has 0 radical (unpaired) electrons. The number of amidine groups is 1. The number of nitrogens with zero attached hydrogens (tertiary/aromatic N) is 1. The Morgan fingerprint density at radius 3 is 1.97 bits per heavy atom. The molecule has 0 aromatic carbocycles. The molecule has 1 aliphatic heterocycles. The van der Waals surface area contributed by atoms with Crippen molar-refractivity contribution in [2.24, 2.45) is 0 Å². The van der Waals surface area contributed by atoms with Crippen LogP contribution >= 0.6 is 0 Å². The molecule has 7 nitrogen and oxygen atoms in total. The lowest BCUT2D eigenvalue weighted by molar-refractivity contribution is -0.510. The minimum atomic E-state index is -4.42. The van der Waals surface area contributed by atoms with Crippen molar-refractivity contribution in [3.05, 3.63) is 12.2 Å². The lowest BCUT2D eigenvalue weighted by Gasteiger charge is -2.03. The normalized spacial score (nSPS) is 15.0. The summed E-state index contributed by atoms with van der Waals surface area (Å²) < 4.78 is 34.2. The van der Waals surface area contributed by atoms with Crippen molar-refractivity contribution in [2.45, 2.75) is 110 Å². The fourth-order valence-corrected chi connectivity index (χ4v) is 4.01. The predicted octanol–water partition coefficient (Wildman–Crippen LogP) is 4.51. The van der Waals surface area contributed by atoms with E-state index in [1.54, 1.807) is 0 Å². The average Bonchev–Trinajstić information content (AvgIpc) is 3.19. The molecule has 0 amide bonds. The van der Waals surface area contributed by atoms with Crippen molar-refractivity contribution in [3.63, 3.8) is 0 Å². The summed E-state index contributed by atoms with van der Waals surface area (Å²) in [4.78, 5) is 0. The second-order valence-electron chi connectivity index (χ2n) is 8.40. The maximum absolute atomic E-state index is 9.68. The highest BCUT2D eigenvalue weighted by Crippen LogP contribution is 2.12. The Bertz CT molecular complexity index is 604. The van der Waals surface area contributed by atoms with Crippen LogP contribution in [0.15, 0.2) is 12.2 Å². The Balaban J connectivity index is 0.00000118. The molecule has 32 heavy (non-hydrogen) atoms. The molecule has 0 aromatic rings. The summed E-state index contributed by atoms with van der Waals surface area (Å²) in [6.45, 7) is 8.33. The summed E-state index contributed by atoms with van der Waals surface area (Å²) >= 11 is 0. The SMILES string of the molecule is CCCCCCCCCCCCCCC=CC[N+]1=C(C(C)O)NCC1.CCOS(=O)(=O)[O-]. The quantitative estimate of drug-likeness (QED) is 0.0992. The molecule has 1 aliphatic rings. The first-order valence-electron chi connectivity index (χ1n) is 12.6. The molecule has 0 aromatic heterocycles. The number of rotatable bonds is 18. The zero-order valence-corrected chi connectivity index (χ0v) is 21.5. The summed E-state index contributed by atoms with van der Waals surface area (Å²) in [6, 6.07) is 0. The van der Waals surface area contributed by atoms with Crippen molar-refractivity contribution in [1.82, 2.24) is 5.32 Å². The van der Waals surface area contributed by atoms with E-state index in [9.17, 15) is 18.1 Å². The Kier molecular flexibility index (Phi) is 20.0. The molecule has 8 heteroatoms. The molecular formula is C24H48N2O5S.